The Hall–Kier alpha value is -0.860. The molecule has 0 atom stereocenters. The van der Waals surface area contributed by atoms with E-state index in [1.54, 1.807) is 0 Å². The molecule has 0 radical (unpaired) electrons. The third-order valence-corrected chi connectivity index (χ3v) is 3.32. The van der Waals surface area contributed by atoms with Crippen molar-refractivity contribution in [1.82, 2.24) is 10.2 Å². The molecule has 0 amide bonds. The number of hydrogen-bond donors (Lipinski definition) is 1. The summed E-state index contributed by atoms with van der Waals surface area (Å²) in [5, 5.41) is 3.53. The van der Waals surface area contributed by atoms with Crippen LogP contribution in [0.3, 0.4) is 0 Å². The summed E-state index contributed by atoms with van der Waals surface area (Å²) in [6.07, 6.45) is 4.10. The van der Waals surface area contributed by atoms with Gasteiger partial charge in [-0.15, -0.1) is 0 Å². The summed E-state index contributed by atoms with van der Waals surface area (Å²) < 4.78 is 0. The molecular weight excluding hydrogens is 208 g/mol. The summed E-state index contributed by atoms with van der Waals surface area (Å²) in [5.41, 5.74) is 1.38. The predicted octanol–water partition coefficient (Wildman–Crippen LogP) is 2.65. The van der Waals surface area contributed by atoms with Crippen LogP contribution >= 0.6 is 0 Å². The molecule has 1 aliphatic rings. The zero-order valence-corrected chi connectivity index (χ0v) is 10.9. The Balaban J connectivity index is 1.61. The van der Waals surface area contributed by atoms with Gasteiger partial charge in [0.05, 0.1) is 0 Å². The van der Waals surface area contributed by atoms with Gasteiger partial charge in [-0.1, -0.05) is 37.3 Å². The van der Waals surface area contributed by atoms with Crippen molar-refractivity contribution in [3.63, 3.8) is 0 Å². The minimum absolute atomic E-state index is 0.897. The van der Waals surface area contributed by atoms with Crippen LogP contribution in [-0.4, -0.2) is 30.6 Å². The number of nitrogens with zero attached hydrogens (tertiary/aromatic N) is 1. The molecule has 0 unspecified atom stereocenters. The second-order valence-corrected chi connectivity index (χ2v) is 4.93. The first-order valence-corrected chi connectivity index (χ1v) is 6.89. The first-order chi connectivity index (χ1) is 8.40. The molecule has 1 N–H and O–H groups in total. The summed E-state index contributed by atoms with van der Waals surface area (Å²) in [4.78, 5) is 2.64. The second kappa shape index (κ2) is 6.77. The van der Waals surface area contributed by atoms with Crippen molar-refractivity contribution in [1.29, 1.82) is 0 Å². The Bertz CT molecular complexity index is 306. The molecule has 2 rings (SSSR count). The van der Waals surface area contributed by atoms with Crippen LogP contribution in [0.2, 0.25) is 0 Å². The maximum Gasteiger partial charge on any atom is 0.0206 e. The fourth-order valence-electron chi connectivity index (χ4n) is 2.26. The van der Waals surface area contributed by atoms with Gasteiger partial charge in [-0.05, 0) is 31.4 Å². The summed E-state index contributed by atoms with van der Waals surface area (Å²) in [7, 11) is 0. The predicted molar refractivity (Wildman–Crippen MR) is 73.0 cm³/mol. The molecule has 0 spiro atoms. The maximum absolute atomic E-state index is 3.53. The molecule has 17 heavy (non-hydrogen) atoms. The van der Waals surface area contributed by atoms with E-state index < -0.39 is 0 Å². The highest BCUT2D eigenvalue weighted by Crippen LogP contribution is 2.26. The second-order valence-electron chi connectivity index (χ2n) is 4.93. The van der Waals surface area contributed by atoms with Crippen LogP contribution in [0.25, 0.3) is 0 Å². The van der Waals surface area contributed by atoms with Crippen molar-refractivity contribution >= 4 is 0 Å². The molecule has 1 aromatic carbocycles. The van der Waals surface area contributed by atoms with Gasteiger partial charge in [0.2, 0.25) is 0 Å². The quantitative estimate of drug-likeness (QED) is 0.693. The van der Waals surface area contributed by atoms with Crippen molar-refractivity contribution in [2.24, 2.45) is 0 Å². The van der Waals surface area contributed by atoms with Gasteiger partial charge < -0.3 is 5.32 Å². The lowest BCUT2D eigenvalue weighted by atomic mass is 10.2. The highest BCUT2D eigenvalue weighted by molar-refractivity contribution is 5.14. The topological polar surface area (TPSA) is 15.3 Å². The number of rotatable bonds is 8. The van der Waals surface area contributed by atoms with Gasteiger partial charge in [-0.2, -0.15) is 0 Å². The van der Waals surface area contributed by atoms with Crippen molar-refractivity contribution < 1.29 is 0 Å². The van der Waals surface area contributed by atoms with Crippen molar-refractivity contribution in [2.45, 2.75) is 38.8 Å². The van der Waals surface area contributed by atoms with E-state index in [1.165, 1.54) is 37.9 Å². The van der Waals surface area contributed by atoms with Crippen LogP contribution in [-0.2, 0) is 6.54 Å². The number of benzene rings is 1. The van der Waals surface area contributed by atoms with E-state index >= 15 is 0 Å². The van der Waals surface area contributed by atoms with Crippen LogP contribution in [0.1, 0.15) is 31.7 Å². The SMILES string of the molecule is CCCN(CCNCc1ccccc1)C1CC1. The van der Waals surface area contributed by atoms with E-state index in [-0.39, 0.29) is 0 Å². The molecule has 1 aliphatic carbocycles. The van der Waals surface area contributed by atoms with Crippen LogP contribution in [0, 0.1) is 0 Å². The fourth-order valence-corrected chi connectivity index (χ4v) is 2.26. The molecule has 0 aromatic heterocycles. The smallest absolute Gasteiger partial charge is 0.0206 e. The molecule has 0 aliphatic heterocycles. The molecule has 1 aromatic rings. The monoisotopic (exact) mass is 232 g/mol. The van der Waals surface area contributed by atoms with Gasteiger partial charge in [0.15, 0.2) is 0 Å². The van der Waals surface area contributed by atoms with Gasteiger partial charge in [-0.3, -0.25) is 4.90 Å². The largest absolute Gasteiger partial charge is 0.311 e. The summed E-state index contributed by atoms with van der Waals surface area (Å²) in [5.74, 6) is 0. The van der Waals surface area contributed by atoms with Gasteiger partial charge >= 0.3 is 0 Å². The molecule has 0 bridgehead atoms. The van der Waals surface area contributed by atoms with E-state index in [0.29, 0.717) is 0 Å². The third-order valence-electron chi connectivity index (χ3n) is 3.32. The first-order valence-electron chi connectivity index (χ1n) is 6.89. The van der Waals surface area contributed by atoms with Gasteiger partial charge in [-0.25, -0.2) is 0 Å². The van der Waals surface area contributed by atoms with Gasteiger partial charge in [0.1, 0.15) is 0 Å². The normalized spacial score (nSPS) is 15.4. The van der Waals surface area contributed by atoms with E-state index in [1.807, 2.05) is 0 Å². The number of hydrogen-bond acceptors (Lipinski definition) is 2. The average Bonchev–Trinajstić information content (AvgIpc) is 3.19. The van der Waals surface area contributed by atoms with Crippen molar-refractivity contribution in [3.05, 3.63) is 35.9 Å². The first kappa shape index (κ1) is 12.6. The lowest BCUT2D eigenvalue weighted by Crippen LogP contribution is -2.34. The Labute approximate surface area is 105 Å². The molecule has 1 saturated carbocycles. The van der Waals surface area contributed by atoms with Gasteiger partial charge in [0, 0.05) is 25.7 Å². The van der Waals surface area contributed by atoms with Crippen molar-refractivity contribution in [3.8, 4) is 0 Å². The lowest BCUT2D eigenvalue weighted by Gasteiger charge is -2.21. The number of nitrogens with one attached hydrogen (secondary N) is 1. The van der Waals surface area contributed by atoms with E-state index in [2.05, 4.69) is 47.5 Å². The average molecular weight is 232 g/mol. The Morgan fingerprint density at radius 2 is 1.94 bits per heavy atom. The van der Waals surface area contributed by atoms with E-state index in [0.717, 1.165) is 19.1 Å². The zero-order chi connectivity index (χ0) is 11.9. The Kier molecular flexibility index (Phi) is 5.02. The molecule has 1 fully saturated rings. The summed E-state index contributed by atoms with van der Waals surface area (Å²) >= 11 is 0. The molecule has 2 nitrogen and oxygen atoms in total. The highest BCUT2D eigenvalue weighted by Gasteiger charge is 2.27. The minimum atomic E-state index is 0.897. The standard InChI is InChI=1S/C15H24N2/c1-2-11-17(15-8-9-15)12-10-16-13-14-6-4-3-5-7-14/h3-7,15-16H,2,8-13H2,1H3. The fraction of sp³-hybridized carbons (Fsp3) is 0.600. The summed E-state index contributed by atoms with van der Waals surface area (Å²) in [6.45, 7) is 6.83. The van der Waals surface area contributed by atoms with E-state index in [4.69, 9.17) is 0 Å². The third kappa shape index (κ3) is 4.49. The minimum Gasteiger partial charge on any atom is -0.311 e. The van der Waals surface area contributed by atoms with Crippen LogP contribution in [0.4, 0.5) is 0 Å². The highest BCUT2D eigenvalue weighted by atomic mass is 15.2. The molecule has 0 saturated heterocycles. The Morgan fingerprint density at radius 3 is 2.59 bits per heavy atom. The Morgan fingerprint density at radius 1 is 1.18 bits per heavy atom. The molecule has 94 valence electrons. The van der Waals surface area contributed by atoms with Crippen LogP contribution in [0.15, 0.2) is 30.3 Å². The lowest BCUT2D eigenvalue weighted by molar-refractivity contribution is 0.263. The summed E-state index contributed by atoms with van der Waals surface area (Å²) in [6, 6.07) is 11.5. The molecule has 0 heterocycles. The molecule has 2 heteroatoms. The van der Waals surface area contributed by atoms with E-state index in [9.17, 15) is 0 Å². The van der Waals surface area contributed by atoms with Crippen molar-refractivity contribution in [2.75, 3.05) is 19.6 Å². The maximum atomic E-state index is 3.53. The van der Waals surface area contributed by atoms with Crippen LogP contribution < -0.4 is 5.32 Å². The van der Waals surface area contributed by atoms with Crippen LogP contribution in [0.5, 0.6) is 0 Å². The molecular formula is C15H24N2. The van der Waals surface area contributed by atoms with Gasteiger partial charge in [0.25, 0.3) is 0 Å². The zero-order valence-electron chi connectivity index (χ0n) is 10.9.